The fourth-order valence-corrected chi connectivity index (χ4v) is 1.57. The normalized spacial score (nSPS) is 23.5. The van der Waals surface area contributed by atoms with Crippen LogP contribution in [0.15, 0.2) is 18.2 Å². The minimum atomic E-state index is -1.58. The molecule has 1 unspecified atom stereocenters. The number of carboxylic acids is 1. The molecule has 0 saturated carbocycles. The van der Waals surface area contributed by atoms with Gasteiger partial charge in [0.05, 0.1) is 5.56 Å². The molecule has 5 nitrogen and oxygen atoms in total. The largest absolute Gasteiger partial charge is 0.478 e. The van der Waals surface area contributed by atoms with Gasteiger partial charge in [-0.25, -0.2) is 4.79 Å². The van der Waals surface area contributed by atoms with Gasteiger partial charge in [-0.05, 0) is 19.1 Å². The monoisotopic (exact) mass is 207 g/mol. The van der Waals surface area contributed by atoms with Crippen molar-refractivity contribution in [3.63, 3.8) is 0 Å². The van der Waals surface area contributed by atoms with E-state index in [0.29, 0.717) is 11.3 Å². The molecule has 1 amide bonds. The van der Waals surface area contributed by atoms with Crippen molar-refractivity contribution in [3.05, 3.63) is 29.3 Å². The Labute approximate surface area is 85.3 Å². The average Bonchev–Trinajstić information content (AvgIpc) is 2.38. The molecule has 15 heavy (non-hydrogen) atoms. The maximum atomic E-state index is 11.3. The van der Waals surface area contributed by atoms with Crippen LogP contribution in [0.4, 0.5) is 5.69 Å². The van der Waals surface area contributed by atoms with Gasteiger partial charge in [0, 0.05) is 11.3 Å². The van der Waals surface area contributed by atoms with Gasteiger partial charge in [0.25, 0.3) is 5.91 Å². The third-order valence-electron chi connectivity index (χ3n) is 2.48. The summed E-state index contributed by atoms with van der Waals surface area (Å²) in [6.07, 6.45) is 0. The number of hydrogen-bond acceptors (Lipinski definition) is 3. The molecule has 1 aromatic rings. The summed E-state index contributed by atoms with van der Waals surface area (Å²) in [6, 6.07) is 4.13. The van der Waals surface area contributed by atoms with Gasteiger partial charge in [0.2, 0.25) is 0 Å². The van der Waals surface area contributed by atoms with E-state index in [4.69, 9.17) is 5.11 Å². The number of carbonyl (C=O) groups excluding carboxylic acids is 1. The lowest BCUT2D eigenvalue weighted by Crippen LogP contribution is -2.30. The number of carboxylic acid groups (broad SMARTS) is 1. The van der Waals surface area contributed by atoms with E-state index in [-0.39, 0.29) is 5.56 Å². The third kappa shape index (κ3) is 1.28. The fraction of sp³-hybridized carbons (Fsp3) is 0.200. The first kappa shape index (κ1) is 9.67. The highest BCUT2D eigenvalue weighted by Crippen LogP contribution is 2.35. The van der Waals surface area contributed by atoms with Crippen molar-refractivity contribution in [2.75, 3.05) is 5.32 Å². The Hall–Kier alpha value is -1.88. The number of benzene rings is 1. The second kappa shape index (κ2) is 2.80. The molecule has 0 spiro atoms. The number of amides is 1. The Morgan fingerprint density at radius 2 is 2.13 bits per heavy atom. The highest BCUT2D eigenvalue weighted by Gasteiger charge is 2.40. The Morgan fingerprint density at radius 1 is 1.47 bits per heavy atom. The molecule has 78 valence electrons. The van der Waals surface area contributed by atoms with Crippen molar-refractivity contribution >= 4 is 17.6 Å². The smallest absolute Gasteiger partial charge is 0.335 e. The molecule has 3 N–H and O–H groups in total. The molecule has 0 aliphatic carbocycles. The minimum Gasteiger partial charge on any atom is -0.478 e. The van der Waals surface area contributed by atoms with E-state index >= 15 is 0 Å². The van der Waals surface area contributed by atoms with E-state index in [2.05, 4.69) is 5.32 Å². The lowest BCUT2D eigenvalue weighted by atomic mass is 9.97. The van der Waals surface area contributed by atoms with Crippen LogP contribution in [0.1, 0.15) is 22.8 Å². The van der Waals surface area contributed by atoms with Gasteiger partial charge in [-0.3, -0.25) is 4.79 Å². The molecule has 0 aromatic heterocycles. The quantitative estimate of drug-likeness (QED) is 0.627. The number of anilines is 1. The fourth-order valence-electron chi connectivity index (χ4n) is 1.57. The van der Waals surface area contributed by atoms with E-state index in [9.17, 15) is 14.7 Å². The van der Waals surface area contributed by atoms with Crippen LogP contribution in [-0.2, 0) is 10.4 Å². The molecule has 0 radical (unpaired) electrons. The summed E-state index contributed by atoms with van der Waals surface area (Å²) in [5, 5.41) is 21.0. The molecule has 1 atom stereocenters. The molecule has 0 bridgehead atoms. The van der Waals surface area contributed by atoms with Gasteiger partial charge in [0.1, 0.15) is 0 Å². The lowest BCUT2D eigenvalue weighted by Gasteiger charge is -2.13. The van der Waals surface area contributed by atoms with Gasteiger partial charge in [0.15, 0.2) is 5.60 Å². The third-order valence-corrected chi connectivity index (χ3v) is 2.48. The molecule has 1 aliphatic rings. The molecular weight excluding hydrogens is 198 g/mol. The van der Waals surface area contributed by atoms with E-state index in [1.165, 1.54) is 25.1 Å². The zero-order valence-corrected chi connectivity index (χ0v) is 7.94. The van der Waals surface area contributed by atoms with Crippen LogP contribution in [0.3, 0.4) is 0 Å². The summed E-state index contributed by atoms with van der Waals surface area (Å²) in [5.74, 6) is -1.61. The summed E-state index contributed by atoms with van der Waals surface area (Å²) in [4.78, 5) is 22.0. The molecule has 1 aliphatic heterocycles. The molecule has 0 saturated heterocycles. The van der Waals surface area contributed by atoms with Crippen LogP contribution < -0.4 is 5.32 Å². The Kier molecular flexibility index (Phi) is 1.81. The SMILES string of the molecule is CC1(O)C(=O)Nc2cc(C(=O)O)ccc21. The Balaban J connectivity index is 2.56. The van der Waals surface area contributed by atoms with Gasteiger partial charge in [-0.1, -0.05) is 6.07 Å². The van der Waals surface area contributed by atoms with Crippen LogP contribution in [-0.4, -0.2) is 22.1 Å². The minimum absolute atomic E-state index is 0.0757. The average molecular weight is 207 g/mol. The maximum Gasteiger partial charge on any atom is 0.335 e. The van der Waals surface area contributed by atoms with E-state index in [0.717, 1.165) is 0 Å². The summed E-state index contributed by atoms with van der Waals surface area (Å²) in [7, 11) is 0. The number of carbonyl (C=O) groups is 2. The topological polar surface area (TPSA) is 86.6 Å². The van der Waals surface area contributed by atoms with Crippen LogP contribution in [0.2, 0.25) is 0 Å². The summed E-state index contributed by atoms with van der Waals surface area (Å²) >= 11 is 0. The summed E-state index contributed by atoms with van der Waals surface area (Å²) in [5.41, 5.74) is -0.749. The van der Waals surface area contributed by atoms with Crippen molar-refractivity contribution in [1.29, 1.82) is 0 Å². The van der Waals surface area contributed by atoms with Crippen LogP contribution in [0, 0.1) is 0 Å². The molecule has 0 fully saturated rings. The van der Waals surface area contributed by atoms with Crippen LogP contribution in [0.25, 0.3) is 0 Å². The number of rotatable bonds is 1. The summed E-state index contributed by atoms with van der Waals surface area (Å²) < 4.78 is 0. The van der Waals surface area contributed by atoms with Crippen molar-refractivity contribution in [2.45, 2.75) is 12.5 Å². The van der Waals surface area contributed by atoms with E-state index in [1.807, 2.05) is 0 Å². The van der Waals surface area contributed by atoms with Crippen molar-refractivity contribution in [2.24, 2.45) is 0 Å². The number of fused-ring (bicyclic) bond motifs is 1. The van der Waals surface area contributed by atoms with Crippen LogP contribution in [0.5, 0.6) is 0 Å². The van der Waals surface area contributed by atoms with Gasteiger partial charge < -0.3 is 15.5 Å². The Bertz CT molecular complexity index is 464. The maximum absolute atomic E-state index is 11.3. The molecule has 5 heteroatoms. The van der Waals surface area contributed by atoms with Gasteiger partial charge >= 0.3 is 5.97 Å². The van der Waals surface area contributed by atoms with Gasteiger partial charge in [-0.15, -0.1) is 0 Å². The van der Waals surface area contributed by atoms with Crippen LogP contribution >= 0.6 is 0 Å². The van der Waals surface area contributed by atoms with Gasteiger partial charge in [-0.2, -0.15) is 0 Å². The number of aliphatic hydroxyl groups is 1. The highest BCUT2D eigenvalue weighted by molar-refractivity contribution is 6.05. The predicted molar refractivity (Wildman–Crippen MR) is 51.6 cm³/mol. The van der Waals surface area contributed by atoms with E-state index < -0.39 is 17.5 Å². The second-order valence-electron chi connectivity index (χ2n) is 3.59. The predicted octanol–water partition coefficient (Wildman–Crippen LogP) is 0.544. The molecule has 1 heterocycles. The molecular formula is C10H9NO4. The zero-order valence-electron chi connectivity index (χ0n) is 7.94. The Morgan fingerprint density at radius 3 is 2.73 bits per heavy atom. The first-order valence-corrected chi connectivity index (χ1v) is 4.34. The molecule has 1 aromatic carbocycles. The first-order chi connectivity index (χ1) is 6.93. The number of hydrogen-bond donors (Lipinski definition) is 3. The zero-order chi connectivity index (χ0) is 11.2. The summed E-state index contributed by atoms with van der Waals surface area (Å²) in [6.45, 7) is 1.37. The van der Waals surface area contributed by atoms with Crippen molar-refractivity contribution in [1.82, 2.24) is 0 Å². The first-order valence-electron chi connectivity index (χ1n) is 4.34. The standard InChI is InChI=1S/C10H9NO4/c1-10(15)6-3-2-5(8(12)13)4-7(6)11-9(10)14/h2-4,15H,1H3,(H,11,14)(H,12,13). The lowest BCUT2D eigenvalue weighted by molar-refractivity contribution is -0.131. The number of aromatic carboxylic acids is 1. The molecule has 2 rings (SSSR count). The number of nitrogens with one attached hydrogen (secondary N) is 1. The van der Waals surface area contributed by atoms with Crippen molar-refractivity contribution < 1.29 is 19.8 Å². The van der Waals surface area contributed by atoms with Crippen molar-refractivity contribution in [3.8, 4) is 0 Å². The van der Waals surface area contributed by atoms with E-state index in [1.54, 1.807) is 0 Å². The second-order valence-corrected chi connectivity index (χ2v) is 3.59. The highest BCUT2D eigenvalue weighted by atomic mass is 16.4.